The standard InChI is InChI=1S/C17H17N3O3S/c1-12(2)13-5-3-7-15(9-13)24(21,22)20-17-10-16(23-19-17)14-6-4-8-18-11-14/h3-12H,1-2H3,(H,19,20). The minimum absolute atomic E-state index is 0.129. The minimum Gasteiger partial charge on any atom is -0.354 e. The largest absolute Gasteiger partial charge is 0.354 e. The topological polar surface area (TPSA) is 85.1 Å². The molecule has 0 radical (unpaired) electrons. The van der Waals surface area contributed by atoms with Crippen molar-refractivity contribution in [3.63, 3.8) is 0 Å². The quantitative estimate of drug-likeness (QED) is 0.764. The lowest BCUT2D eigenvalue weighted by atomic mass is 10.0. The molecule has 0 aliphatic rings. The lowest BCUT2D eigenvalue weighted by molar-refractivity contribution is 0.435. The molecule has 0 atom stereocenters. The van der Waals surface area contributed by atoms with Gasteiger partial charge in [-0.1, -0.05) is 31.1 Å². The van der Waals surface area contributed by atoms with Crippen LogP contribution in [0.4, 0.5) is 5.82 Å². The van der Waals surface area contributed by atoms with E-state index in [4.69, 9.17) is 4.52 Å². The highest BCUT2D eigenvalue weighted by molar-refractivity contribution is 7.92. The summed E-state index contributed by atoms with van der Waals surface area (Å²) in [7, 11) is -3.73. The molecular formula is C17H17N3O3S. The maximum Gasteiger partial charge on any atom is 0.263 e. The van der Waals surface area contributed by atoms with Gasteiger partial charge in [0.05, 0.1) is 4.90 Å². The summed E-state index contributed by atoms with van der Waals surface area (Å²) in [6.07, 6.45) is 3.26. The summed E-state index contributed by atoms with van der Waals surface area (Å²) < 4.78 is 32.6. The van der Waals surface area contributed by atoms with Crippen molar-refractivity contribution in [2.75, 3.05) is 4.72 Å². The van der Waals surface area contributed by atoms with Crippen LogP contribution in [-0.4, -0.2) is 18.6 Å². The molecule has 3 rings (SSSR count). The number of anilines is 1. The number of benzene rings is 1. The predicted molar refractivity (Wildman–Crippen MR) is 91.1 cm³/mol. The zero-order chi connectivity index (χ0) is 17.2. The van der Waals surface area contributed by atoms with Gasteiger partial charge in [-0.2, -0.15) is 0 Å². The summed E-state index contributed by atoms with van der Waals surface area (Å²) in [6, 6.07) is 11.9. The highest BCUT2D eigenvalue weighted by Crippen LogP contribution is 2.24. The van der Waals surface area contributed by atoms with Crippen molar-refractivity contribution in [3.8, 4) is 11.3 Å². The van der Waals surface area contributed by atoms with Crippen LogP contribution in [0.25, 0.3) is 11.3 Å². The zero-order valence-electron chi connectivity index (χ0n) is 13.3. The van der Waals surface area contributed by atoms with Crippen LogP contribution < -0.4 is 4.72 Å². The van der Waals surface area contributed by atoms with Gasteiger partial charge in [0, 0.05) is 24.0 Å². The van der Waals surface area contributed by atoms with E-state index in [1.165, 1.54) is 6.07 Å². The molecule has 1 aromatic carbocycles. The maximum absolute atomic E-state index is 12.5. The van der Waals surface area contributed by atoms with Crippen LogP contribution in [0.15, 0.2) is 64.3 Å². The molecule has 0 unspecified atom stereocenters. The third kappa shape index (κ3) is 3.46. The van der Waals surface area contributed by atoms with Crippen molar-refractivity contribution in [3.05, 3.63) is 60.4 Å². The second kappa shape index (κ2) is 6.45. The van der Waals surface area contributed by atoms with Crippen LogP contribution >= 0.6 is 0 Å². The number of aromatic nitrogens is 2. The predicted octanol–water partition coefficient (Wildman–Crippen LogP) is 3.66. The summed E-state index contributed by atoms with van der Waals surface area (Å²) in [5.41, 5.74) is 1.67. The monoisotopic (exact) mass is 343 g/mol. The van der Waals surface area contributed by atoms with Crippen LogP contribution in [0, 0.1) is 0 Å². The van der Waals surface area contributed by atoms with Gasteiger partial charge in [0.25, 0.3) is 10.0 Å². The lowest BCUT2D eigenvalue weighted by Crippen LogP contribution is -2.13. The third-order valence-corrected chi connectivity index (χ3v) is 4.88. The number of sulfonamides is 1. The second-order valence-corrected chi connectivity index (χ2v) is 7.33. The summed E-state index contributed by atoms with van der Waals surface area (Å²) >= 11 is 0. The second-order valence-electron chi connectivity index (χ2n) is 5.65. The van der Waals surface area contributed by atoms with Crippen LogP contribution in [0.3, 0.4) is 0 Å². The van der Waals surface area contributed by atoms with Gasteiger partial charge in [0.15, 0.2) is 11.6 Å². The summed E-state index contributed by atoms with van der Waals surface area (Å²) in [5.74, 6) is 0.810. The lowest BCUT2D eigenvalue weighted by Gasteiger charge is -2.09. The number of hydrogen-bond acceptors (Lipinski definition) is 5. The van der Waals surface area contributed by atoms with Crippen molar-refractivity contribution in [2.24, 2.45) is 0 Å². The molecule has 2 aromatic heterocycles. The van der Waals surface area contributed by atoms with Crippen LogP contribution in [-0.2, 0) is 10.0 Å². The van der Waals surface area contributed by atoms with Crippen LogP contribution in [0.1, 0.15) is 25.3 Å². The fourth-order valence-electron chi connectivity index (χ4n) is 2.21. The molecule has 7 heteroatoms. The van der Waals surface area contributed by atoms with Crippen molar-refractivity contribution in [1.82, 2.24) is 10.1 Å². The molecule has 6 nitrogen and oxygen atoms in total. The molecule has 0 spiro atoms. The van der Waals surface area contributed by atoms with E-state index in [1.54, 1.807) is 42.7 Å². The highest BCUT2D eigenvalue weighted by Gasteiger charge is 2.18. The number of nitrogens with one attached hydrogen (secondary N) is 1. The van der Waals surface area contributed by atoms with Gasteiger partial charge in [-0.15, -0.1) is 0 Å². The Bertz CT molecular complexity index is 934. The Morgan fingerprint density at radius 1 is 1.12 bits per heavy atom. The maximum atomic E-state index is 12.5. The third-order valence-electron chi connectivity index (χ3n) is 3.53. The van der Waals surface area contributed by atoms with Gasteiger partial charge in [-0.25, -0.2) is 8.42 Å². The first-order valence-corrected chi connectivity index (χ1v) is 8.94. The minimum atomic E-state index is -3.73. The number of hydrogen-bond donors (Lipinski definition) is 1. The van der Waals surface area contributed by atoms with Crippen molar-refractivity contribution in [1.29, 1.82) is 0 Å². The van der Waals surface area contributed by atoms with Gasteiger partial charge in [-0.05, 0) is 35.7 Å². The molecule has 124 valence electrons. The smallest absolute Gasteiger partial charge is 0.263 e. The SMILES string of the molecule is CC(C)c1cccc(S(=O)(=O)Nc2cc(-c3cccnc3)on2)c1. The average Bonchev–Trinajstić information content (AvgIpc) is 3.03. The van der Waals surface area contributed by atoms with E-state index in [-0.39, 0.29) is 16.6 Å². The molecule has 2 heterocycles. The van der Waals surface area contributed by atoms with Crippen molar-refractivity contribution in [2.45, 2.75) is 24.7 Å². The molecule has 1 N–H and O–H groups in total. The molecule has 0 aliphatic carbocycles. The first kappa shape index (κ1) is 16.2. The van der Waals surface area contributed by atoms with Gasteiger partial charge < -0.3 is 4.52 Å². The van der Waals surface area contributed by atoms with Crippen molar-refractivity contribution >= 4 is 15.8 Å². The molecule has 0 saturated carbocycles. The Balaban J connectivity index is 1.85. The first-order valence-electron chi connectivity index (χ1n) is 7.45. The fraction of sp³-hybridized carbons (Fsp3) is 0.176. The van der Waals surface area contributed by atoms with Crippen LogP contribution in [0.2, 0.25) is 0 Å². The normalized spacial score (nSPS) is 11.6. The molecule has 0 bridgehead atoms. The average molecular weight is 343 g/mol. The van der Waals surface area contributed by atoms with Gasteiger partial charge >= 0.3 is 0 Å². The van der Waals surface area contributed by atoms with E-state index < -0.39 is 10.0 Å². The fourth-order valence-corrected chi connectivity index (χ4v) is 3.24. The Hall–Kier alpha value is -2.67. The highest BCUT2D eigenvalue weighted by atomic mass is 32.2. The van der Waals surface area contributed by atoms with Crippen LogP contribution in [0.5, 0.6) is 0 Å². The molecular weight excluding hydrogens is 326 g/mol. The number of rotatable bonds is 5. The van der Waals surface area contributed by atoms with Gasteiger partial charge in [-0.3, -0.25) is 9.71 Å². The van der Waals surface area contributed by atoms with E-state index in [0.717, 1.165) is 11.1 Å². The Kier molecular flexibility index (Phi) is 4.35. The van der Waals surface area contributed by atoms with E-state index >= 15 is 0 Å². The first-order chi connectivity index (χ1) is 11.5. The molecule has 0 fully saturated rings. The molecule has 0 aliphatic heterocycles. The number of pyridine rings is 1. The molecule has 0 saturated heterocycles. The summed E-state index contributed by atoms with van der Waals surface area (Å²) in [5, 5.41) is 3.77. The molecule has 3 aromatic rings. The Morgan fingerprint density at radius 3 is 2.67 bits per heavy atom. The summed E-state index contributed by atoms with van der Waals surface area (Å²) in [6.45, 7) is 4.02. The van der Waals surface area contributed by atoms with Gasteiger partial charge in [0.2, 0.25) is 0 Å². The summed E-state index contributed by atoms with van der Waals surface area (Å²) in [4.78, 5) is 4.19. The van der Waals surface area contributed by atoms with E-state index in [0.29, 0.717) is 5.76 Å². The van der Waals surface area contributed by atoms with E-state index in [9.17, 15) is 8.42 Å². The van der Waals surface area contributed by atoms with Crippen molar-refractivity contribution < 1.29 is 12.9 Å². The Morgan fingerprint density at radius 2 is 1.96 bits per heavy atom. The van der Waals surface area contributed by atoms with Gasteiger partial charge in [0.1, 0.15) is 0 Å². The number of nitrogens with zero attached hydrogens (tertiary/aromatic N) is 2. The molecule has 0 amide bonds. The van der Waals surface area contributed by atoms with E-state index in [1.807, 2.05) is 19.9 Å². The Labute approximate surface area is 140 Å². The zero-order valence-corrected chi connectivity index (χ0v) is 14.1. The van der Waals surface area contributed by atoms with E-state index in [2.05, 4.69) is 14.9 Å². The molecule has 24 heavy (non-hydrogen) atoms.